The van der Waals surface area contributed by atoms with E-state index in [1.54, 1.807) is 0 Å². The molecule has 1 aromatic heterocycles. The first kappa shape index (κ1) is 22.8. The van der Waals surface area contributed by atoms with Crippen LogP contribution in [0.25, 0.3) is 0 Å². The van der Waals surface area contributed by atoms with E-state index < -0.39 is 0 Å². The van der Waals surface area contributed by atoms with Crippen LogP contribution in [0.3, 0.4) is 0 Å². The zero-order valence-electron chi connectivity index (χ0n) is 18.4. The molecule has 0 amide bonds. The normalized spacial score (nSPS) is 18.3. The third-order valence-corrected chi connectivity index (χ3v) is 5.98. The minimum Gasteiger partial charge on any atom is -0.380 e. The second-order valence-electron chi connectivity index (χ2n) is 8.00. The van der Waals surface area contributed by atoms with Crippen LogP contribution in [0.15, 0.2) is 73.1 Å². The molecule has 0 radical (unpaired) electrons. The molecule has 2 atom stereocenters. The Balaban J connectivity index is 1.42. The lowest BCUT2D eigenvalue weighted by molar-refractivity contribution is 0.130. The molecule has 3 N–H and O–H groups in total. The topological polar surface area (TPSA) is 61.5 Å². The molecule has 7 heteroatoms. The van der Waals surface area contributed by atoms with Crippen molar-refractivity contribution in [1.82, 2.24) is 20.1 Å². The highest BCUT2D eigenvalue weighted by atomic mass is 32.1. The summed E-state index contributed by atoms with van der Waals surface area (Å²) in [7, 11) is 2.10. The third-order valence-electron chi connectivity index (χ3n) is 5.75. The molecule has 168 valence electrons. The minimum absolute atomic E-state index is 0.0443. The Kier molecular flexibility index (Phi) is 8.14. The third kappa shape index (κ3) is 5.88. The van der Waals surface area contributed by atoms with Gasteiger partial charge in [0, 0.05) is 31.7 Å². The van der Waals surface area contributed by atoms with E-state index >= 15 is 0 Å². The van der Waals surface area contributed by atoms with E-state index in [0.717, 1.165) is 25.1 Å². The molecule has 2 heterocycles. The highest BCUT2D eigenvalue weighted by Gasteiger charge is 2.30. The number of nitrogens with zero attached hydrogens (tertiary/aromatic N) is 2. The van der Waals surface area contributed by atoms with Gasteiger partial charge in [-0.15, -0.1) is 0 Å². The Hall–Kier alpha value is -2.42. The molecule has 1 aliphatic heterocycles. The molecule has 6 nitrogen and oxygen atoms in total. The van der Waals surface area contributed by atoms with Gasteiger partial charge in [-0.05, 0) is 59.4 Å². The first-order chi connectivity index (χ1) is 15.7. The monoisotopic (exact) mass is 449 g/mol. The van der Waals surface area contributed by atoms with E-state index in [-0.39, 0.29) is 12.2 Å². The van der Waals surface area contributed by atoms with Gasteiger partial charge in [-0.3, -0.25) is 9.71 Å². The van der Waals surface area contributed by atoms with E-state index in [9.17, 15) is 0 Å². The molecule has 0 aliphatic carbocycles. The maximum absolute atomic E-state index is 5.59. The van der Waals surface area contributed by atoms with Crippen LogP contribution in [0.1, 0.15) is 34.5 Å². The predicted molar refractivity (Wildman–Crippen MR) is 132 cm³/mol. The van der Waals surface area contributed by atoms with Crippen molar-refractivity contribution in [3.8, 4) is 0 Å². The number of nitrogens with one attached hydrogen (secondary N) is 3. The summed E-state index contributed by atoms with van der Waals surface area (Å²) in [5, 5.41) is 5.86. The first-order valence-corrected chi connectivity index (χ1v) is 11.5. The number of anilines is 1. The summed E-state index contributed by atoms with van der Waals surface area (Å²) in [5.74, 6) is 0. The summed E-state index contributed by atoms with van der Waals surface area (Å²) >= 11 is 3.96. The molecule has 2 aromatic carbocycles. The summed E-state index contributed by atoms with van der Waals surface area (Å²) in [6.07, 6.45) is 5.57. The predicted octanol–water partition coefficient (Wildman–Crippen LogP) is 3.92. The van der Waals surface area contributed by atoms with Crippen LogP contribution in [0, 0.1) is 0 Å². The average molecular weight is 450 g/mol. The largest absolute Gasteiger partial charge is 0.380 e. The Bertz CT molecular complexity index is 970. The van der Waals surface area contributed by atoms with Gasteiger partial charge in [0.15, 0.2) is 0 Å². The molecule has 4 rings (SSSR count). The van der Waals surface area contributed by atoms with Crippen LogP contribution in [0.5, 0.6) is 0 Å². The number of hydrogen-bond donors (Lipinski definition) is 4. The summed E-state index contributed by atoms with van der Waals surface area (Å²) in [6.45, 7) is 2.13. The summed E-state index contributed by atoms with van der Waals surface area (Å²) in [6, 6.07) is 21.7. The molecule has 0 spiro atoms. The Morgan fingerprint density at radius 1 is 0.969 bits per heavy atom. The van der Waals surface area contributed by atoms with Gasteiger partial charge in [0.2, 0.25) is 0 Å². The standard InChI is InChI=1S/C25H31N5OS/c1-30-25(28-21-8-6-19(7-9-21)12-16-31-17-15-27-32)23-5-3-2-4-22(23)24(29-30)18-20-10-13-26-14-11-20/h2-11,13-14,24-25,27-29,32H,12,15-18H2,1H3. The molecule has 0 bridgehead atoms. The van der Waals surface area contributed by atoms with Crippen LogP contribution >= 0.6 is 12.8 Å². The second-order valence-corrected chi connectivity index (χ2v) is 8.31. The van der Waals surface area contributed by atoms with Crippen molar-refractivity contribution in [2.75, 3.05) is 32.1 Å². The zero-order valence-corrected chi connectivity index (χ0v) is 19.3. The lowest BCUT2D eigenvalue weighted by Gasteiger charge is -2.40. The summed E-state index contributed by atoms with van der Waals surface area (Å²) < 4.78 is 8.38. The molecule has 0 saturated heterocycles. The van der Waals surface area contributed by atoms with Gasteiger partial charge in [0.05, 0.1) is 19.3 Å². The van der Waals surface area contributed by atoms with Crippen LogP contribution < -0.4 is 15.5 Å². The molecule has 0 saturated carbocycles. The number of hydrogen-bond acceptors (Lipinski definition) is 7. The number of ether oxygens (including phenoxy) is 1. The molecule has 1 aliphatic rings. The van der Waals surface area contributed by atoms with Crippen LogP contribution in [-0.4, -0.2) is 36.8 Å². The van der Waals surface area contributed by atoms with Crippen molar-refractivity contribution >= 4 is 18.5 Å². The van der Waals surface area contributed by atoms with Gasteiger partial charge in [-0.2, -0.15) is 0 Å². The fourth-order valence-corrected chi connectivity index (χ4v) is 4.19. The Labute approximate surface area is 195 Å². The lowest BCUT2D eigenvalue weighted by Crippen LogP contribution is -2.48. The fraction of sp³-hybridized carbons (Fsp3) is 0.320. The van der Waals surface area contributed by atoms with Gasteiger partial charge in [0.25, 0.3) is 0 Å². The zero-order chi connectivity index (χ0) is 22.2. The van der Waals surface area contributed by atoms with Crippen LogP contribution in [-0.2, 0) is 17.6 Å². The Morgan fingerprint density at radius 2 is 1.72 bits per heavy atom. The highest BCUT2D eigenvalue weighted by Crippen LogP contribution is 2.34. The molecule has 2 unspecified atom stereocenters. The number of aromatic nitrogens is 1. The molecular weight excluding hydrogens is 418 g/mol. The minimum atomic E-state index is 0.0443. The fourth-order valence-electron chi connectivity index (χ4n) is 4.10. The number of hydrazine groups is 1. The van der Waals surface area contributed by atoms with E-state index in [1.165, 1.54) is 22.3 Å². The SMILES string of the molecule is CN1NC(Cc2ccncc2)c2ccccc2C1Nc1ccc(CCOCCNS)cc1. The quantitative estimate of drug-likeness (QED) is 0.278. The summed E-state index contributed by atoms with van der Waals surface area (Å²) in [4.78, 5) is 4.14. The lowest BCUT2D eigenvalue weighted by atomic mass is 9.92. The van der Waals surface area contributed by atoms with Crippen molar-refractivity contribution in [2.24, 2.45) is 0 Å². The second kappa shape index (κ2) is 11.4. The summed E-state index contributed by atoms with van der Waals surface area (Å²) in [5.41, 5.74) is 9.92. The average Bonchev–Trinajstić information content (AvgIpc) is 2.83. The maximum atomic E-state index is 5.59. The number of benzene rings is 2. The molecule has 32 heavy (non-hydrogen) atoms. The van der Waals surface area contributed by atoms with Gasteiger partial charge < -0.3 is 10.1 Å². The van der Waals surface area contributed by atoms with Crippen molar-refractivity contribution in [2.45, 2.75) is 25.0 Å². The Morgan fingerprint density at radius 3 is 2.47 bits per heavy atom. The van der Waals surface area contributed by atoms with Crippen molar-refractivity contribution in [1.29, 1.82) is 0 Å². The number of fused-ring (bicyclic) bond motifs is 1. The van der Waals surface area contributed by atoms with Crippen molar-refractivity contribution in [3.63, 3.8) is 0 Å². The maximum Gasteiger partial charge on any atom is 0.119 e. The van der Waals surface area contributed by atoms with Gasteiger partial charge >= 0.3 is 0 Å². The van der Waals surface area contributed by atoms with Gasteiger partial charge in [0.1, 0.15) is 6.17 Å². The van der Waals surface area contributed by atoms with E-state index in [4.69, 9.17) is 4.74 Å². The van der Waals surface area contributed by atoms with E-state index in [2.05, 4.69) is 106 Å². The molecule has 0 fully saturated rings. The number of rotatable bonds is 10. The van der Waals surface area contributed by atoms with E-state index in [1.807, 2.05) is 12.4 Å². The van der Waals surface area contributed by atoms with Crippen LogP contribution in [0.4, 0.5) is 5.69 Å². The van der Waals surface area contributed by atoms with Crippen molar-refractivity contribution < 1.29 is 4.74 Å². The van der Waals surface area contributed by atoms with E-state index in [0.29, 0.717) is 13.2 Å². The van der Waals surface area contributed by atoms with Gasteiger partial charge in [-0.25, -0.2) is 10.4 Å². The smallest absolute Gasteiger partial charge is 0.119 e. The van der Waals surface area contributed by atoms with Crippen LogP contribution in [0.2, 0.25) is 0 Å². The number of thiol groups is 1. The number of pyridine rings is 1. The molecular formula is C25H31N5OS. The first-order valence-electron chi connectivity index (χ1n) is 11.0. The van der Waals surface area contributed by atoms with Crippen molar-refractivity contribution in [3.05, 3.63) is 95.3 Å². The highest BCUT2D eigenvalue weighted by molar-refractivity contribution is 7.78. The molecule has 3 aromatic rings. The van der Waals surface area contributed by atoms with Gasteiger partial charge in [-0.1, -0.05) is 49.2 Å².